The van der Waals surface area contributed by atoms with Crippen LogP contribution in [-0.2, 0) is 22.7 Å². The number of aromatic nitrogens is 5. The SMILES string of the molecule is CC(=O)c1nn(CC(=O)N2C[C@H](F)C[C@H]2C(=O)NCc2cccc(Br)n2)c2ccc(-c3cnc(C)nc3)cc12. The van der Waals surface area contributed by atoms with Crippen molar-refractivity contribution in [3.05, 3.63) is 70.6 Å². The van der Waals surface area contributed by atoms with Gasteiger partial charge in [-0.15, -0.1) is 0 Å². The molecule has 1 aromatic carbocycles. The first-order valence-electron chi connectivity index (χ1n) is 12.3. The lowest BCUT2D eigenvalue weighted by molar-refractivity contribution is -0.139. The largest absolute Gasteiger partial charge is 0.349 e. The van der Waals surface area contributed by atoms with Gasteiger partial charge in [0, 0.05) is 36.7 Å². The van der Waals surface area contributed by atoms with Crippen molar-refractivity contribution < 1.29 is 18.8 Å². The number of ketones is 1. The molecule has 4 aromatic rings. The van der Waals surface area contributed by atoms with Gasteiger partial charge in [0.25, 0.3) is 0 Å². The molecule has 12 heteroatoms. The number of Topliss-reactive ketones (excluding diaryl/α,β-unsaturated/α-hetero) is 1. The molecular weight excluding hydrogens is 569 g/mol. The number of benzene rings is 1. The minimum atomic E-state index is -1.32. The highest BCUT2D eigenvalue weighted by molar-refractivity contribution is 9.10. The molecule has 0 bridgehead atoms. The van der Waals surface area contributed by atoms with Crippen LogP contribution in [0.2, 0.25) is 0 Å². The summed E-state index contributed by atoms with van der Waals surface area (Å²) in [5.41, 5.74) is 2.99. The number of amides is 2. The summed E-state index contributed by atoms with van der Waals surface area (Å²) in [5.74, 6) is -0.534. The van der Waals surface area contributed by atoms with E-state index in [0.29, 0.717) is 27.0 Å². The van der Waals surface area contributed by atoms with Crippen LogP contribution >= 0.6 is 15.9 Å². The van der Waals surface area contributed by atoms with Crippen molar-refractivity contribution in [2.75, 3.05) is 6.54 Å². The summed E-state index contributed by atoms with van der Waals surface area (Å²) in [6.07, 6.45) is 1.98. The Kier molecular flexibility index (Phi) is 7.47. The molecule has 10 nitrogen and oxygen atoms in total. The molecule has 2 atom stereocenters. The fourth-order valence-electron chi connectivity index (χ4n) is 4.65. The first kappa shape index (κ1) is 26.5. The monoisotopic (exact) mass is 593 g/mol. The van der Waals surface area contributed by atoms with Crippen LogP contribution in [0.3, 0.4) is 0 Å². The zero-order valence-electron chi connectivity index (χ0n) is 21.3. The van der Waals surface area contributed by atoms with Crippen LogP contribution in [0.5, 0.6) is 0 Å². The number of likely N-dealkylation sites (tertiary alicyclic amines) is 1. The molecule has 1 aliphatic rings. The molecule has 200 valence electrons. The van der Waals surface area contributed by atoms with Gasteiger partial charge in [-0.3, -0.25) is 19.1 Å². The third-order valence-electron chi connectivity index (χ3n) is 6.57. The zero-order chi connectivity index (χ0) is 27.7. The van der Waals surface area contributed by atoms with E-state index in [0.717, 1.165) is 11.1 Å². The molecule has 0 aliphatic carbocycles. The van der Waals surface area contributed by atoms with Gasteiger partial charge in [-0.25, -0.2) is 19.3 Å². The van der Waals surface area contributed by atoms with E-state index < -0.39 is 24.0 Å². The molecule has 5 rings (SSSR count). The first-order chi connectivity index (χ1) is 18.7. The Hall–Kier alpha value is -4.06. The molecule has 0 radical (unpaired) electrons. The smallest absolute Gasteiger partial charge is 0.245 e. The Labute approximate surface area is 231 Å². The Morgan fingerprint density at radius 2 is 1.90 bits per heavy atom. The van der Waals surface area contributed by atoms with Crippen LogP contribution in [-0.4, -0.2) is 66.0 Å². The van der Waals surface area contributed by atoms with Gasteiger partial charge in [0.1, 0.15) is 34.9 Å². The van der Waals surface area contributed by atoms with Gasteiger partial charge in [0.05, 0.1) is 24.3 Å². The molecule has 1 N–H and O–H groups in total. The van der Waals surface area contributed by atoms with E-state index in [1.165, 1.54) is 16.5 Å². The lowest BCUT2D eigenvalue weighted by atomic mass is 10.0. The highest BCUT2D eigenvalue weighted by Crippen LogP contribution is 2.27. The fourth-order valence-corrected chi connectivity index (χ4v) is 5.03. The van der Waals surface area contributed by atoms with Crippen LogP contribution in [0.4, 0.5) is 4.39 Å². The molecule has 3 aromatic heterocycles. The summed E-state index contributed by atoms with van der Waals surface area (Å²) < 4.78 is 16.5. The molecule has 39 heavy (non-hydrogen) atoms. The number of carbonyl (C=O) groups is 3. The lowest BCUT2D eigenvalue weighted by Crippen LogP contribution is -2.46. The van der Waals surface area contributed by atoms with Crippen LogP contribution in [0.25, 0.3) is 22.0 Å². The van der Waals surface area contributed by atoms with Crippen molar-refractivity contribution in [3.63, 3.8) is 0 Å². The summed E-state index contributed by atoms with van der Waals surface area (Å²) in [7, 11) is 0. The van der Waals surface area contributed by atoms with Crippen molar-refractivity contribution in [1.82, 2.24) is 34.9 Å². The number of nitrogens with one attached hydrogen (secondary N) is 1. The average molecular weight is 594 g/mol. The van der Waals surface area contributed by atoms with Gasteiger partial charge in [-0.05, 0) is 52.7 Å². The molecule has 0 spiro atoms. The Morgan fingerprint density at radius 3 is 2.62 bits per heavy atom. The van der Waals surface area contributed by atoms with E-state index in [4.69, 9.17) is 0 Å². The van der Waals surface area contributed by atoms with Gasteiger partial charge in [-0.1, -0.05) is 12.1 Å². The summed E-state index contributed by atoms with van der Waals surface area (Å²) in [4.78, 5) is 52.6. The third kappa shape index (κ3) is 5.70. The van der Waals surface area contributed by atoms with Crippen molar-refractivity contribution in [2.45, 2.75) is 45.6 Å². The zero-order valence-corrected chi connectivity index (χ0v) is 22.9. The predicted octanol–water partition coefficient (Wildman–Crippen LogP) is 3.42. The maximum atomic E-state index is 14.4. The molecule has 1 aliphatic heterocycles. The summed E-state index contributed by atoms with van der Waals surface area (Å²) in [5, 5.41) is 7.73. The number of rotatable bonds is 7. The lowest BCUT2D eigenvalue weighted by Gasteiger charge is -2.23. The summed E-state index contributed by atoms with van der Waals surface area (Å²) >= 11 is 3.29. The second-order valence-electron chi connectivity index (χ2n) is 9.38. The fraction of sp³-hybridized carbons (Fsp3) is 0.296. The van der Waals surface area contributed by atoms with Gasteiger partial charge in [0.15, 0.2) is 5.78 Å². The summed E-state index contributed by atoms with van der Waals surface area (Å²) in [6, 6.07) is 9.78. The van der Waals surface area contributed by atoms with E-state index in [1.807, 2.05) is 12.1 Å². The van der Waals surface area contributed by atoms with Gasteiger partial charge in [0.2, 0.25) is 11.8 Å². The first-order valence-corrected chi connectivity index (χ1v) is 13.1. The van der Waals surface area contributed by atoms with Crippen LogP contribution < -0.4 is 5.32 Å². The van der Waals surface area contributed by atoms with E-state index >= 15 is 0 Å². The number of alkyl halides is 1. The molecule has 1 fully saturated rings. The van der Waals surface area contributed by atoms with E-state index in [2.05, 4.69) is 41.3 Å². The third-order valence-corrected chi connectivity index (χ3v) is 7.01. The minimum absolute atomic E-state index is 0.0932. The topological polar surface area (TPSA) is 123 Å². The number of carbonyl (C=O) groups excluding carboxylic acids is 3. The molecular formula is C27H25BrFN7O3. The average Bonchev–Trinajstić information content (AvgIpc) is 3.48. The number of hydrogen-bond acceptors (Lipinski definition) is 7. The van der Waals surface area contributed by atoms with Crippen LogP contribution in [0.1, 0.15) is 35.4 Å². The van der Waals surface area contributed by atoms with Gasteiger partial charge < -0.3 is 10.2 Å². The number of fused-ring (bicyclic) bond motifs is 1. The number of aryl methyl sites for hydroxylation is 1. The Morgan fingerprint density at radius 1 is 1.13 bits per heavy atom. The van der Waals surface area contributed by atoms with E-state index in [-0.39, 0.29) is 37.5 Å². The molecule has 2 amide bonds. The molecule has 1 saturated heterocycles. The van der Waals surface area contributed by atoms with Crippen molar-refractivity contribution >= 4 is 44.4 Å². The molecule has 4 heterocycles. The van der Waals surface area contributed by atoms with Gasteiger partial charge in [-0.2, -0.15) is 5.10 Å². The normalized spacial score (nSPS) is 17.0. The predicted molar refractivity (Wildman–Crippen MR) is 144 cm³/mol. The Balaban J connectivity index is 1.36. The highest BCUT2D eigenvalue weighted by atomic mass is 79.9. The maximum absolute atomic E-state index is 14.4. The quantitative estimate of drug-likeness (QED) is 0.257. The maximum Gasteiger partial charge on any atom is 0.245 e. The van der Waals surface area contributed by atoms with Crippen LogP contribution in [0.15, 0.2) is 53.4 Å². The second kappa shape index (κ2) is 11.0. The van der Waals surface area contributed by atoms with E-state index in [1.54, 1.807) is 43.6 Å². The van der Waals surface area contributed by atoms with Crippen molar-refractivity contribution in [3.8, 4) is 11.1 Å². The Bertz CT molecular complexity index is 1570. The standard InChI is InChI=1S/C27H25BrFN7O3/c1-15(37)26-21-8-17(18-10-30-16(2)31-11-18)6-7-22(21)36(34-26)14-25(38)35-13-19(29)9-23(35)27(39)32-12-20-4-3-5-24(28)33-20/h3-8,10-11,19,23H,9,12-14H2,1-2H3,(H,32,39)/t19-,23+/m1/s1. The second-order valence-corrected chi connectivity index (χ2v) is 10.2. The number of pyridine rings is 1. The number of nitrogens with zero attached hydrogens (tertiary/aromatic N) is 6. The minimum Gasteiger partial charge on any atom is -0.349 e. The van der Waals surface area contributed by atoms with Crippen molar-refractivity contribution in [2.24, 2.45) is 0 Å². The highest BCUT2D eigenvalue weighted by Gasteiger charge is 2.40. The van der Waals surface area contributed by atoms with Crippen molar-refractivity contribution in [1.29, 1.82) is 0 Å². The molecule has 0 saturated carbocycles. The number of hydrogen-bond donors (Lipinski definition) is 1. The summed E-state index contributed by atoms with van der Waals surface area (Å²) in [6.45, 7) is 2.90. The number of halogens is 2. The molecule has 0 unspecified atom stereocenters. The van der Waals surface area contributed by atoms with Crippen LogP contribution in [0, 0.1) is 6.92 Å². The van der Waals surface area contributed by atoms with Gasteiger partial charge >= 0.3 is 0 Å². The van der Waals surface area contributed by atoms with E-state index in [9.17, 15) is 18.8 Å².